The lowest BCUT2D eigenvalue weighted by molar-refractivity contribution is -0.310. The average Bonchev–Trinajstić information content (AvgIpc) is 3.02. The molecule has 1 aliphatic heterocycles. The van der Waals surface area contributed by atoms with Gasteiger partial charge in [-0.1, -0.05) is 40.0 Å². The molecular weight excluding hydrogens is 258 g/mol. The summed E-state index contributed by atoms with van der Waals surface area (Å²) < 4.78 is 7.51. The lowest BCUT2D eigenvalue weighted by atomic mass is 9.72. The second-order valence-electron chi connectivity index (χ2n) is 7.33. The van der Waals surface area contributed by atoms with Crippen LogP contribution in [0.5, 0.6) is 0 Å². The third-order valence-corrected chi connectivity index (χ3v) is 5.80. The molecule has 0 aromatic heterocycles. The molecule has 0 aromatic rings. The van der Waals surface area contributed by atoms with Crippen LogP contribution in [-0.4, -0.2) is 25.1 Å². The maximum Gasteiger partial charge on any atom is 0.272 e. The fourth-order valence-corrected chi connectivity index (χ4v) is 4.25. The third kappa shape index (κ3) is 2.25. The van der Waals surface area contributed by atoms with E-state index in [0.717, 1.165) is 12.4 Å². The molecule has 2 heteroatoms. The minimum absolute atomic E-state index is 0.163. The Kier molecular flexibility index (Phi) is 4.09. The first-order valence-electron chi connectivity index (χ1n) is 7.97. The van der Waals surface area contributed by atoms with Crippen molar-refractivity contribution in [2.24, 2.45) is 23.2 Å². The Hall–Kier alpha value is -1.45. The molecule has 1 heterocycles. The Bertz CT molecular complexity index is 520. The molecule has 2 rings (SSSR count). The molecule has 2 nitrogen and oxygen atoms in total. The smallest absolute Gasteiger partial charge is 0.272 e. The molecule has 4 atom stereocenters. The highest BCUT2D eigenvalue weighted by atomic mass is 16.7. The third-order valence-electron chi connectivity index (χ3n) is 5.80. The summed E-state index contributed by atoms with van der Waals surface area (Å²) in [5.41, 5.74) is 0.467. The van der Waals surface area contributed by atoms with E-state index < -0.39 is 0 Å². The minimum Gasteiger partial charge on any atom is -0.569 e. The van der Waals surface area contributed by atoms with Gasteiger partial charge in [-0.2, -0.15) is 0 Å². The van der Waals surface area contributed by atoms with Crippen LogP contribution in [0.15, 0.2) is 12.3 Å². The van der Waals surface area contributed by atoms with E-state index in [1.807, 2.05) is 0 Å². The van der Waals surface area contributed by atoms with Gasteiger partial charge < -0.3 is 4.37 Å². The van der Waals surface area contributed by atoms with Gasteiger partial charge in [-0.25, -0.2) is 0 Å². The molecule has 2 aliphatic rings. The predicted molar refractivity (Wildman–Crippen MR) is 91.4 cm³/mol. The van der Waals surface area contributed by atoms with Crippen LogP contribution in [0.1, 0.15) is 47.0 Å². The first-order chi connectivity index (χ1) is 9.85. The normalized spacial score (nSPS) is 31.6. The zero-order valence-electron chi connectivity index (χ0n) is 14.0. The minimum atomic E-state index is 0.163. The van der Waals surface area contributed by atoms with Gasteiger partial charge in [-0.3, -0.25) is 0 Å². The van der Waals surface area contributed by atoms with Gasteiger partial charge in [-0.15, -0.1) is 11.1 Å². The number of nitrogens with zero attached hydrogens (tertiary/aromatic N) is 1. The molecule has 0 bridgehead atoms. The van der Waals surface area contributed by atoms with Crippen molar-refractivity contribution in [3.63, 3.8) is 0 Å². The number of hydrogen-bond donors (Lipinski definition) is 0. The van der Waals surface area contributed by atoms with Crippen molar-refractivity contribution >= 4 is 12.9 Å². The molecule has 1 saturated carbocycles. The second-order valence-corrected chi connectivity index (χ2v) is 7.33. The van der Waals surface area contributed by atoms with Crippen molar-refractivity contribution in [1.82, 2.24) is 4.67 Å². The van der Waals surface area contributed by atoms with E-state index in [9.17, 15) is 0 Å². The van der Waals surface area contributed by atoms with Crippen LogP contribution < -0.4 is 4.67 Å². The van der Waals surface area contributed by atoms with E-state index in [2.05, 4.69) is 62.2 Å². The largest absolute Gasteiger partial charge is 0.569 e. The van der Waals surface area contributed by atoms with Gasteiger partial charge in [0.05, 0.1) is 11.3 Å². The Labute approximate surface area is 129 Å². The van der Waals surface area contributed by atoms with Crippen LogP contribution in [-0.2, 0) is 4.37 Å². The molecule has 1 spiro atoms. The highest BCUT2D eigenvalue weighted by Crippen LogP contribution is 2.73. The summed E-state index contributed by atoms with van der Waals surface area (Å²) in [4.78, 5) is 0. The van der Waals surface area contributed by atoms with Crippen molar-refractivity contribution in [2.45, 2.75) is 52.6 Å². The molecule has 21 heavy (non-hydrogen) atoms. The van der Waals surface area contributed by atoms with Crippen LogP contribution in [0.4, 0.5) is 0 Å². The van der Waals surface area contributed by atoms with Crippen LogP contribution in [0, 0.1) is 35.5 Å². The summed E-state index contributed by atoms with van der Waals surface area (Å²) in [5.74, 6) is 5.45. The molecule has 0 N–H and O–H groups in total. The van der Waals surface area contributed by atoms with Gasteiger partial charge >= 0.3 is 0 Å². The van der Waals surface area contributed by atoms with Gasteiger partial charge in [0.25, 0.3) is 12.9 Å². The summed E-state index contributed by atoms with van der Waals surface area (Å²) in [6.07, 6.45) is 10.5. The lowest BCUT2D eigenvalue weighted by Gasteiger charge is -2.52. The van der Waals surface area contributed by atoms with Crippen molar-refractivity contribution in [3.8, 4) is 12.3 Å². The first-order valence-corrected chi connectivity index (χ1v) is 7.97. The SMILES string of the molecule is C#CCC(=C)[O+]1C[C@@H](C(C=[N+]=C)C(C)CC)C12CC2(C)C. The zero-order chi connectivity index (χ0) is 15.8. The number of terminal acetylenes is 1. The molecule has 0 radical (unpaired) electrons. The van der Waals surface area contributed by atoms with Gasteiger partial charge in [0.1, 0.15) is 12.3 Å². The maximum absolute atomic E-state index is 5.45. The molecule has 114 valence electrons. The maximum atomic E-state index is 5.45. The fraction of sp³-hybridized carbons (Fsp3) is 0.684. The van der Waals surface area contributed by atoms with Gasteiger partial charge in [0.2, 0.25) is 11.4 Å². The molecule has 0 amide bonds. The van der Waals surface area contributed by atoms with Crippen molar-refractivity contribution < 1.29 is 4.37 Å². The van der Waals surface area contributed by atoms with E-state index in [4.69, 9.17) is 6.42 Å². The summed E-state index contributed by atoms with van der Waals surface area (Å²) in [5, 5.41) is 0. The van der Waals surface area contributed by atoms with Crippen molar-refractivity contribution in [3.05, 3.63) is 12.3 Å². The standard InChI is InChI=1S/C19H29NO/c1-8-10-15(4)21-12-17(19(21)13-18(19,5)6)16(11-20-7)14(3)9-2/h1,11,14,16-17H,4,7,9-10,12-13H2,2-3,5-6H3/q+2/t14?,16?,17-,19?/m0/s1. The van der Waals surface area contributed by atoms with Crippen LogP contribution >= 0.6 is 0 Å². The molecule has 1 aliphatic carbocycles. The number of allylic oxidation sites excluding steroid dienone is 1. The second kappa shape index (κ2) is 5.39. The van der Waals surface area contributed by atoms with Crippen molar-refractivity contribution in [2.75, 3.05) is 6.61 Å². The van der Waals surface area contributed by atoms with Gasteiger partial charge in [-0.05, 0) is 12.5 Å². The van der Waals surface area contributed by atoms with Crippen molar-refractivity contribution in [1.29, 1.82) is 0 Å². The van der Waals surface area contributed by atoms with Crippen LogP contribution in [0.25, 0.3) is 0 Å². The molecular formula is C19H29NO+2. The average molecular weight is 287 g/mol. The Morgan fingerprint density at radius 3 is 2.62 bits per heavy atom. The highest BCUT2D eigenvalue weighted by molar-refractivity contribution is 5.63. The Balaban J connectivity index is 2.26. The van der Waals surface area contributed by atoms with Gasteiger partial charge in [0, 0.05) is 6.42 Å². The molecule has 0 aromatic carbocycles. The summed E-state index contributed by atoms with van der Waals surface area (Å²) in [7, 11) is 0. The van der Waals surface area contributed by atoms with E-state index in [-0.39, 0.29) is 5.60 Å². The fourth-order valence-electron chi connectivity index (χ4n) is 4.25. The predicted octanol–water partition coefficient (Wildman–Crippen LogP) is 3.38. The topological polar surface area (TPSA) is 16.8 Å². The van der Waals surface area contributed by atoms with E-state index >= 15 is 0 Å². The van der Waals surface area contributed by atoms with E-state index in [0.29, 0.717) is 29.6 Å². The Morgan fingerprint density at radius 2 is 2.19 bits per heavy atom. The number of hydrogen-bond acceptors (Lipinski definition) is 0. The van der Waals surface area contributed by atoms with Gasteiger partial charge in [0.15, 0.2) is 6.61 Å². The number of rotatable bonds is 6. The molecule has 1 saturated heterocycles. The zero-order valence-corrected chi connectivity index (χ0v) is 14.0. The molecule has 3 unspecified atom stereocenters. The first kappa shape index (κ1) is 15.9. The summed E-state index contributed by atoms with van der Waals surface area (Å²) in [6, 6.07) is 0. The highest BCUT2D eigenvalue weighted by Gasteiger charge is 2.83. The monoisotopic (exact) mass is 287 g/mol. The van der Waals surface area contributed by atoms with Crippen LogP contribution in [0.3, 0.4) is 0 Å². The summed E-state index contributed by atoms with van der Waals surface area (Å²) >= 11 is 0. The molecule has 2 fully saturated rings. The van der Waals surface area contributed by atoms with Crippen LogP contribution in [0.2, 0.25) is 0 Å². The quantitative estimate of drug-likeness (QED) is 0.234. The Morgan fingerprint density at radius 1 is 1.57 bits per heavy atom. The summed E-state index contributed by atoms with van der Waals surface area (Å²) in [6.45, 7) is 18.1. The lowest BCUT2D eigenvalue weighted by Crippen LogP contribution is -2.58. The van der Waals surface area contributed by atoms with E-state index in [1.165, 1.54) is 12.8 Å². The van der Waals surface area contributed by atoms with E-state index in [1.54, 1.807) is 0 Å².